The zero-order chi connectivity index (χ0) is 10.7. The number of amides is 2. The van der Waals surface area contributed by atoms with Crippen LogP contribution in [-0.4, -0.2) is 36.1 Å². The Morgan fingerprint density at radius 1 is 1.67 bits per heavy atom. The van der Waals surface area contributed by atoms with E-state index in [1.807, 2.05) is 0 Å². The zero-order valence-corrected chi connectivity index (χ0v) is 7.82. The molecule has 2 amide bonds. The van der Waals surface area contributed by atoms with Crippen LogP contribution in [0.2, 0.25) is 0 Å². The van der Waals surface area contributed by atoms with E-state index in [9.17, 15) is 9.59 Å². The second-order valence-electron chi connectivity index (χ2n) is 3.11. The molecular weight excluding hydrogens is 200 g/mol. The van der Waals surface area contributed by atoms with Crippen LogP contribution < -0.4 is 16.0 Å². The molecule has 3 N–H and O–H groups in total. The van der Waals surface area contributed by atoms with E-state index >= 15 is 0 Å². The van der Waals surface area contributed by atoms with Crippen molar-refractivity contribution in [2.45, 2.75) is 6.04 Å². The Morgan fingerprint density at radius 2 is 2.53 bits per heavy atom. The summed E-state index contributed by atoms with van der Waals surface area (Å²) in [4.78, 5) is 22.4. The number of piperazine rings is 1. The van der Waals surface area contributed by atoms with Gasteiger partial charge in [-0.1, -0.05) is 5.16 Å². The van der Waals surface area contributed by atoms with E-state index in [1.54, 1.807) is 6.07 Å². The van der Waals surface area contributed by atoms with Crippen molar-refractivity contribution in [2.75, 3.05) is 18.4 Å². The molecule has 7 nitrogen and oxygen atoms in total. The van der Waals surface area contributed by atoms with Gasteiger partial charge in [-0.3, -0.25) is 14.9 Å². The summed E-state index contributed by atoms with van der Waals surface area (Å²) in [5.74, 6) is 0.00286. The fourth-order valence-electron chi connectivity index (χ4n) is 1.24. The summed E-state index contributed by atoms with van der Waals surface area (Å²) >= 11 is 0. The molecule has 2 rings (SSSR count). The first kappa shape index (κ1) is 9.66. The number of nitrogens with one attached hydrogen (secondary N) is 3. The summed E-state index contributed by atoms with van der Waals surface area (Å²) < 4.78 is 4.56. The van der Waals surface area contributed by atoms with E-state index in [4.69, 9.17) is 0 Å². The molecule has 1 aliphatic rings. The van der Waals surface area contributed by atoms with Gasteiger partial charge in [-0.25, -0.2) is 0 Å². The van der Waals surface area contributed by atoms with Crippen molar-refractivity contribution in [1.29, 1.82) is 0 Å². The van der Waals surface area contributed by atoms with Gasteiger partial charge in [-0.2, -0.15) is 0 Å². The monoisotopic (exact) mass is 210 g/mol. The van der Waals surface area contributed by atoms with Gasteiger partial charge in [0, 0.05) is 12.6 Å². The second kappa shape index (κ2) is 4.09. The van der Waals surface area contributed by atoms with Crippen molar-refractivity contribution in [1.82, 2.24) is 15.8 Å². The standard InChI is InChI=1S/C8H10N4O3/c13-7-4-9-5(3-10-7)8(14)11-6-1-2-15-12-6/h1-2,5,9H,3-4H2,(H,10,13)(H,11,12,14). The number of carbonyl (C=O) groups excluding carboxylic acids is 2. The topological polar surface area (TPSA) is 96.3 Å². The summed E-state index contributed by atoms with van der Waals surface area (Å²) in [6.45, 7) is 0.430. The molecule has 0 saturated carbocycles. The van der Waals surface area contributed by atoms with E-state index in [0.717, 1.165) is 0 Å². The van der Waals surface area contributed by atoms with Crippen LogP contribution in [0, 0.1) is 0 Å². The van der Waals surface area contributed by atoms with Crippen LogP contribution in [0.4, 0.5) is 5.82 Å². The first-order chi connectivity index (χ1) is 7.25. The number of hydrogen-bond donors (Lipinski definition) is 3. The fraction of sp³-hybridized carbons (Fsp3) is 0.375. The zero-order valence-electron chi connectivity index (χ0n) is 7.82. The van der Waals surface area contributed by atoms with Crippen molar-refractivity contribution in [3.05, 3.63) is 12.3 Å². The molecule has 1 aromatic heterocycles. The average Bonchev–Trinajstić information content (AvgIpc) is 2.71. The number of rotatable bonds is 2. The van der Waals surface area contributed by atoms with Gasteiger partial charge in [0.1, 0.15) is 12.3 Å². The maximum atomic E-state index is 11.6. The molecule has 0 radical (unpaired) electrons. The van der Waals surface area contributed by atoms with Gasteiger partial charge in [0.25, 0.3) is 0 Å². The largest absolute Gasteiger partial charge is 0.363 e. The average molecular weight is 210 g/mol. The Bertz CT molecular complexity index is 352. The summed E-state index contributed by atoms with van der Waals surface area (Å²) in [5, 5.41) is 11.5. The minimum Gasteiger partial charge on any atom is -0.363 e. The van der Waals surface area contributed by atoms with Crippen LogP contribution in [0.25, 0.3) is 0 Å². The van der Waals surface area contributed by atoms with Crippen LogP contribution in [0.5, 0.6) is 0 Å². The molecule has 1 atom stereocenters. The minimum absolute atomic E-state index is 0.111. The fourth-order valence-corrected chi connectivity index (χ4v) is 1.24. The second-order valence-corrected chi connectivity index (χ2v) is 3.11. The molecule has 2 heterocycles. The van der Waals surface area contributed by atoms with Gasteiger partial charge in [0.15, 0.2) is 5.82 Å². The van der Waals surface area contributed by atoms with Gasteiger partial charge in [0.05, 0.1) is 6.54 Å². The van der Waals surface area contributed by atoms with Crippen LogP contribution in [0.1, 0.15) is 0 Å². The quantitative estimate of drug-likeness (QED) is 0.564. The van der Waals surface area contributed by atoms with E-state index in [1.165, 1.54) is 6.26 Å². The van der Waals surface area contributed by atoms with Gasteiger partial charge < -0.3 is 15.2 Å². The number of anilines is 1. The lowest BCUT2D eigenvalue weighted by molar-refractivity contribution is -0.124. The predicted octanol–water partition coefficient (Wildman–Crippen LogP) is -1.30. The third kappa shape index (κ3) is 2.32. The Morgan fingerprint density at radius 3 is 3.13 bits per heavy atom. The van der Waals surface area contributed by atoms with Crippen LogP contribution >= 0.6 is 0 Å². The van der Waals surface area contributed by atoms with Crippen LogP contribution in [0.15, 0.2) is 16.9 Å². The molecule has 15 heavy (non-hydrogen) atoms. The summed E-state index contributed by atoms with van der Waals surface area (Å²) in [7, 11) is 0. The third-order valence-corrected chi connectivity index (χ3v) is 2.02. The molecule has 1 saturated heterocycles. The molecule has 0 spiro atoms. The normalized spacial score (nSPS) is 20.8. The highest BCUT2D eigenvalue weighted by molar-refractivity contribution is 5.95. The van der Waals surface area contributed by atoms with Gasteiger partial charge in [-0.15, -0.1) is 0 Å². The molecule has 1 aromatic rings. The van der Waals surface area contributed by atoms with Crippen molar-refractivity contribution < 1.29 is 14.1 Å². The number of aromatic nitrogens is 1. The summed E-state index contributed by atoms with van der Waals surface area (Å²) in [5.41, 5.74) is 0. The Balaban J connectivity index is 1.89. The lowest BCUT2D eigenvalue weighted by atomic mass is 10.2. The van der Waals surface area contributed by atoms with Crippen molar-refractivity contribution in [3.8, 4) is 0 Å². The Kier molecular flexibility index (Phi) is 2.64. The highest BCUT2D eigenvalue weighted by Crippen LogP contribution is 2.02. The lowest BCUT2D eigenvalue weighted by Gasteiger charge is -2.22. The molecule has 0 bridgehead atoms. The number of carbonyl (C=O) groups is 2. The number of hydrogen-bond acceptors (Lipinski definition) is 5. The maximum absolute atomic E-state index is 11.6. The van der Waals surface area contributed by atoms with E-state index in [-0.39, 0.29) is 24.9 Å². The first-order valence-corrected chi connectivity index (χ1v) is 4.47. The molecular formula is C8H10N4O3. The molecule has 1 aliphatic heterocycles. The van der Waals surface area contributed by atoms with Crippen molar-refractivity contribution in [2.24, 2.45) is 0 Å². The Hall–Kier alpha value is -1.89. The van der Waals surface area contributed by atoms with Crippen molar-refractivity contribution in [3.63, 3.8) is 0 Å². The molecule has 80 valence electrons. The highest BCUT2D eigenvalue weighted by Gasteiger charge is 2.23. The third-order valence-electron chi connectivity index (χ3n) is 2.02. The molecule has 0 aromatic carbocycles. The molecule has 0 aliphatic carbocycles. The molecule has 1 fully saturated rings. The first-order valence-electron chi connectivity index (χ1n) is 4.47. The number of nitrogens with zero attached hydrogens (tertiary/aromatic N) is 1. The lowest BCUT2D eigenvalue weighted by Crippen LogP contribution is -2.56. The van der Waals surface area contributed by atoms with E-state index in [0.29, 0.717) is 5.82 Å². The Labute approximate surface area is 85.2 Å². The summed E-state index contributed by atoms with van der Waals surface area (Å²) in [6.07, 6.45) is 1.37. The summed E-state index contributed by atoms with van der Waals surface area (Å²) in [6, 6.07) is 1.11. The van der Waals surface area contributed by atoms with Gasteiger partial charge in [-0.05, 0) is 0 Å². The van der Waals surface area contributed by atoms with E-state index in [2.05, 4.69) is 25.6 Å². The SMILES string of the molecule is O=C1CNC(C(=O)Nc2ccon2)CN1. The van der Waals surface area contributed by atoms with Gasteiger partial charge >= 0.3 is 0 Å². The van der Waals surface area contributed by atoms with Gasteiger partial charge in [0.2, 0.25) is 11.8 Å². The molecule has 1 unspecified atom stereocenters. The van der Waals surface area contributed by atoms with Crippen molar-refractivity contribution >= 4 is 17.6 Å². The smallest absolute Gasteiger partial charge is 0.244 e. The molecule has 7 heteroatoms. The van der Waals surface area contributed by atoms with Crippen LogP contribution in [0.3, 0.4) is 0 Å². The minimum atomic E-state index is -0.431. The van der Waals surface area contributed by atoms with Crippen LogP contribution in [-0.2, 0) is 9.59 Å². The highest BCUT2D eigenvalue weighted by atomic mass is 16.5. The van der Waals surface area contributed by atoms with E-state index < -0.39 is 6.04 Å². The predicted molar refractivity (Wildman–Crippen MR) is 49.9 cm³/mol. The maximum Gasteiger partial charge on any atom is 0.244 e.